The molecule has 0 unspecified atom stereocenters. The van der Waals surface area contributed by atoms with Gasteiger partial charge in [0.1, 0.15) is 12.2 Å². The largest absolute Gasteiger partial charge is 0.481 e. The van der Waals surface area contributed by atoms with E-state index in [0.717, 1.165) is 12.8 Å². The van der Waals surface area contributed by atoms with E-state index in [1.807, 2.05) is 12.1 Å². The summed E-state index contributed by atoms with van der Waals surface area (Å²) in [5.41, 5.74) is 3.60. The van der Waals surface area contributed by atoms with Gasteiger partial charge < -0.3 is 14.4 Å². The lowest BCUT2D eigenvalue weighted by Gasteiger charge is -2.24. The summed E-state index contributed by atoms with van der Waals surface area (Å²) in [5.74, 6) is -0.961. The summed E-state index contributed by atoms with van der Waals surface area (Å²) >= 11 is 0. The van der Waals surface area contributed by atoms with Crippen molar-refractivity contribution in [1.29, 1.82) is 0 Å². The monoisotopic (exact) mass is 313 g/mol. The average Bonchev–Trinajstić information content (AvgIpc) is 3.09. The number of fused-ring (bicyclic) bond motifs is 1. The molecule has 0 fully saturated rings. The van der Waals surface area contributed by atoms with E-state index in [1.54, 1.807) is 18.9 Å². The van der Waals surface area contributed by atoms with Crippen molar-refractivity contribution in [1.82, 2.24) is 4.90 Å². The molecule has 0 bridgehead atoms. The predicted molar refractivity (Wildman–Crippen MR) is 84.5 cm³/mol. The number of rotatable bonds is 4. The number of carboxylic acid groups (broad SMARTS) is 1. The van der Waals surface area contributed by atoms with Gasteiger partial charge in [-0.1, -0.05) is 24.3 Å². The van der Waals surface area contributed by atoms with Crippen LogP contribution in [0.1, 0.15) is 32.8 Å². The number of carbonyl (C=O) groups excluding carboxylic acids is 1. The molecule has 0 aliphatic heterocycles. The molecule has 1 heterocycles. The van der Waals surface area contributed by atoms with Gasteiger partial charge in [-0.25, -0.2) is 0 Å². The fourth-order valence-electron chi connectivity index (χ4n) is 3.20. The molecule has 0 spiro atoms. The summed E-state index contributed by atoms with van der Waals surface area (Å²) in [4.78, 5) is 25.5. The highest BCUT2D eigenvalue weighted by atomic mass is 16.4. The maximum absolute atomic E-state index is 12.8. The van der Waals surface area contributed by atoms with Crippen molar-refractivity contribution in [3.8, 4) is 0 Å². The van der Waals surface area contributed by atoms with Crippen molar-refractivity contribution >= 4 is 11.9 Å². The second-order valence-electron chi connectivity index (χ2n) is 6.03. The molecule has 3 rings (SSSR count). The van der Waals surface area contributed by atoms with Crippen LogP contribution in [0.2, 0.25) is 0 Å². The number of furan rings is 1. The zero-order valence-electron chi connectivity index (χ0n) is 13.2. The predicted octanol–water partition coefficient (Wildman–Crippen LogP) is 2.45. The number of nitrogens with zero attached hydrogens (tertiary/aromatic N) is 1. The first-order valence-corrected chi connectivity index (χ1v) is 7.60. The molecule has 1 aromatic heterocycles. The van der Waals surface area contributed by atoms with Crippen molar-refractivity contribution < 1.29 is 19.1 Å². The van der Waals surface area contributed by atoms with Gasteiger partial charge in [0, 0.05) is 18.7 Å². The fourth-order valence-corrected chi connectivity index (χ4v) is 3.20. The molecule has 0 atom stereocenters. The van der Waals surface area contributed by atoms with E-state index >= 15 is 0 Å². The Morgan fingerprint density at radius 2 is 1.87 bits per heavy atom. The van der Waals surface area contributed by atoms with Crippen LogP contribution in [-0.2, 0) is 24.1 Å². The maximum Gasteiger partial charge on any atom is 0.311 e. The Morgan fingerprint density at radius 1 is 1.26 bits per heavy atom. The minimum atomic E-state index is -1.01. The molecular weight excluding hydrogens is 294 g/mol. The van der Waals surface area contributed by atoms with Crippen LogP contribution in [0.4, 0.5) is 0 Å². The minimum absolute atomic E-state index is 0.0897. The molecule has 1 aliphatic rings. The summed E-state index contributed by atoms with van der Waals surface area (Å²) in [7, 11) is 1.77. The van der Waals surface area contributed by atoms with E-state index < -0.39 is 5.97 Å². The lowest BCUT2D eigenvalue weighted by atomic mass is 10.1. The van der Waals surface area contributed by atoms with Crippen molar-refractivity contribution in [3.63, 3.8) is 0 Å². The van der Waals surface area contributed by atoms with Crippen molar-refractivity contribution in [2.24, 2.45) is 0 Å². The molecule has 2 aromatic rings. The number of benzene rings is 1. The number of amides is 1. The Kier molecular flexibility index (Phi) is 3.94. The Labute approximate surface area is 134 Å². The van der Waals surface area contributed by atoms with Gasteiger partial charge in [-0.05, 0) is 30.9 Å². The zero-order chi connectivity index (χ0) is 16.6. The Hall–Kier alpha value is -2.56. The molecule has 120 valence electrons. The quantitative estimate of drug-likeness (QED) is 0.941. The highest BCUT2D eigenvalue weighted by Gasteiger charge is 2.30. The molecule has 0 radical (unpaired) electrons. The fraction of sp³-hybridized carbons (Fsp3) is 0.333. The SMILES string of the molecule is Cc1coc(CC(=O)O)c1C(=O)N(C)C1Cc2ccccc2C1. The van der Waals surface area contributed by atoms with Crippen LogP contribution in [0.5, 0.6) is 0 Å². The molecule has 1 N–H and O–H groups in total. The smallest absolute Gasteiger partial charge is 0.311 e. The van der Waals surface area contributed by atoms with Crippen molar-refractivity contribution in [3.05, 3.63) is 58.5 Å². The number of hydrogen-bond donors (Lipinski definition) is 1. The second-order valence-corrected chi connectivity index (χ2v) is 6.03. The van der Waals surface area contributed by atoms with Gasteiger partial charge in [0.05, 0.1) is 11.8 Å². The molecular formula is C18H19NO4. The number of likely N-dealkylation sites (N-methyl/N-ethyl adjacent to an activating group) is 1. The first kappa shape index (κ1) is 15.3. The molecule has 23 heavy (non-hydrogen) atoms. The van der Waals surface area contributed by atoms with Crippen molar-refractivity contribution in [2.45, 2.75) is 32.2 Å². The summed E-state index contributed by atoms with van der Waals surface area (Å²) in [5, 5.41) is 8.97. The highest BCUT2D eigenvalue weighted by molar-refractivity contribution is 5.97. The number of carboxylic acids is 1. The molecule has 1 aliphatic carbocycles. The Morgan fingerprint density at radius 3 is 2.43 bits per heavy atom. The van der Waals surface area contributed by atoms with E-state index in [-0.39, 0.29) is 24.1 Å². The topological polar surface area (TPSA) is 70.7 Å². The Balaban J connectivity index is 1.82. The standard InChI is InChI=1S/C18H19NO4/c1-11-10-23-15(9-16(20)21)17(11)18(22)19(2)14-7-12-5-3-4-6-13(12)8-14/h3-6,10,14H,7-9H2,1-2H3,(H,20,21). The lowest BCUT2D eigenvalue weighted by Crippen LogP contribution is -2.38. The first-order valence-electron chi connectivity index (χ1n) is 7.60. The third-order valence-corrected chi connectivity index (χ3v) is 4.47. The Bertz CT molecular complexity index is 737. The normalized spacial score (nSPS) is 13.8. The van der Waals surface area contributed by atoms with Gasteiger partial charge >= 0.3 is 5.97 Å². The van der Waals surface area contributed by atoms with Crippen molar-refractivity contribution in [2.75, 3.05) is 7.05 Å². The van der Waals surface area contributed by atoms with Gasteiger partial charge in [0.2, 0.25) is 0 Å². The van der Waals surface area contributed by atoms with Crippen LogP contribution in [0, 0.1) is 6.92 Å². The zero-order valence-corrected chi connectivity index (χ0v) is 13.2. The van der Waals surface area contributed by atoms with E-state index in [2.05, 4.69) is 12.1 Å². The second kappa shape index (κ2) is 5.91. The van der Waals surface area contributed by atoms with Crippen LogP contribution >= 0.6 is 0 Å². The van der Waals surface area contributed by atoms with E-state index in [1.165, 1.54) is 17.4 Å². The van der Waals surface area contributed by atoms with Gasteiger partial charge in [0.25, 0.3) is 5.91 Å². The lowest BCUT2D eigenvalue weighted by molar-refractivity contribution is -0.136. The summed E-state index contributed by atoms with van der Waals surface area (Å²) < 4.78 is 5.27. The molecule has 0 saturated carbocycles. The molecule has 0 saturated heterocycles. The number of aryl methyl sites for hydroxylation is 1. The van der Waals surface area contributed by atoms with E-state index in [9.17, 15) is 9.59 Å². The van der Waals surface area contributed by atoms with Crippen LogP contribution in [0.15, 0.2) is 34.9 Å². The average molecular weight is 313 g/mol. The molecule has 5 heteroatoms. The summed E-state index contributed by atoms with van der Waals surface area (Å²) in [6, 6.07) is 8.29. The van der Waals surface area contributed by atoms with E-state index in [4.69, 9.17) is 9.52 Å². The number of hydrogen-bond acceptors (Lipinski definition) is 3. The summed E-state index contributed by atoms with van der Waals surface area (Å²) in [6.07, 6.45) is 2.81. The third kappa shape index (κ3) is 2.86. The number of aliphatic carboxylic acids is 1. The van der Waals surface area contributed by atoms with E-state index in [0.29, 0.717) is 11.1 Å². The van der Waals surface area contributed by atoms with Gasteiger partial charge in [0.15, 0.2) is 0 Å². The molecule has 5 nitrogen and oxygen atoms in total. The van der Waals surface area contributed by atoms with Crippen LogP contribution in [0.3, 0.4) is 0 Å². The maximum atomic E-state index is 12.8. The van der Waals surface area contributed by atoms with Crippen LogP contribution < -0.4 is 0 Å². The number of carbonyl (C=O) groups is 2. The summed E-state index contributed by atoms with van der Waals surface area (Å²) in [6.45, 7) is 1.76. The van der Waals surface area contributed by atoms with Gasteiger partial charge in [-0.2, -0.15) is 0 Å². The minimum Gasteiger partial charge on any atom is -0.481 e. The first-order chi connectivity index (χ1) is 11.0. The third-order valence-electron chi connectivity index (χ3n) is 4.47. The van der Waals surface area contributed by atoms with Crippen LogP contribution in [0.25, 0.3) is 0 Å². The van der Waals surface area contributed by atoms with Gasteiger partial charge in [-0.3, -0.25) is 9.59 Å². The highest BCUT2D eigenvalue weighted by Crippen LogP contribution is 2.27. The van der Waals surface area contributed by atoms with Gasteiger partial charge in [-0.15, -0.1) is 0 Å². The van der Waals surface area contributed by atoms with Crippen LogP contribution in [-0.4, -0.2) is 35.0 Å². The molecule has 1 aromatic carbocycles. The molecule has 1 amide bonds.